The summed E-state index contributed by atoms with van der Waals surface area (Å²) in [6.07, 6.45) is 8.26. The summed E-state index contributed by atoms with van der Waals surface area (Å²) >= 11 is 0. The number of ether oxygens (including phenoxy) is 1. The lowest BCUT2D eigenvalue weighted by Crippen LogP contribution is -2.49. The van der Waals surface area contributed by atoms with Crippen LogP contribution in [0.15, 0.2) is 42.5 Å². The van der Waals surface area contributed by atoms with E-state index in [1.165, 1.54) is 0 Å². The number of nitrogens with one attached hydrogen (secondary N) is 1. The number of hydrogen-bond donors (Lipinski definition) is 1. The van der Waals surface area contributed by atoms with Gasteiger partial charge in [-0.15, -0.1) is 0 Å². The summed E-state index contributed by atoms with van der Waals surface area (Å²) < 4.78 is 20.7. The standard InChI is InChI=1S/C32H42FN3O2/c1-22(2)30-26-15-14-25(33)21-24(26)16-17-32(30,38-31(37)23-9-4-5-10-23)18-20-36(3)19-8-13-29-34-27-11-6-7-12-28(27)35-29/h6-7,11-12,14-15,21-23,30H,4-5,8-10,13,16-20H2,1-3H3,(H,34,35)/t30-,32-/m0/s1. The molecule has 2 atom stereocenters. The average molecular weight is 520 g/mol. The summed E-state index contributed by atoms with van der Waals surface area (Å²) in [5.41, 5.74) is 3.75. The van der Waals surface area contributed by atoms with Crippen molar-refractivity contribution in [1.29, 1.82) is 0 Å². The van der Waals surface area contributed by atoms with Crippen LogP contribution in [0.2, 0.25) is 0 Å². The summed E-state index contributed by atoms with van der Waals surface area (Å²) in [6.45, 7) is 6.20. The molecule has 0 bridgehead atoms. The zero-order valence-electron chi connectivity index (χ0n) is 23.1. The molecule has 0 radical (unpaired) electrons. The third kappa shape index (κ3) is 5.80. The lowest BCUT2D eigenvalue weighted by Gasteiger charge is -2.47. The minimum absolute atomic E-state index is 0.0220. The van der Waals surface area contributed by atoms with Crippen molar-refractivity contribution in [2.45, 2.75) is 83.2 Å². The second kappa shape index (κ2) is 11.6. The van der Waals surface area contributed by atoms with Crippen LogP contribution in [0.25, 0.3) is 11.0 Å². The number of aromatic amines is 1. The van der Waals surface area contributed by atoms with Crippen molar-refractivity contribution in [1.82, 2.24) is 14.9 Å². The molecule has 38 heavy (non-hydrogen) atoms. The van der Waals surface area contributed by atoms with E-state index >= 15 is 0 Å². The van der Waals surface area contributed by atoms with Gasteiger partial charge in [-0.3, -0.25) is 4.79 Å². The molecule has 1 N–H and O–H groups in total. The van der Waals surface area contributed by atoms with E-state index in [-0.39, 0.29) is 29.5 Å². The van der Waals surface area contributed by atoms with Crippen LogP contribution in [0.5, 0.6) is 0 Å². The number of aryl methyl sites for hydroxylation is 2. The van der Waals surface area contributed by atoms with Crippen molar-refractivity contribution >= 4 is 17.0 Å². The Bertz CT molecular complexity index is 1220. The number of carbonyl (C=O) groups excluding carboxylic acids is 1. The molecule has 0 saturated heterocycles. The highest BCUT2D eigenvalue weighted by Crippen LogP contribution is 2.49. The fourth-order valence-corrected chi connectivity index (χ4v) is 6.87. The van der Waals surface area contributed by atoms with Crippen LogP contribution in [-0.4, -0.2) is 46.6 Å². The highest BCUT2D eigenvalue weighted by Gasteiger charge is 2.48. The number of carbonyl (C=O) groups is 1. The van der Waals surface area contributed by atoms with Crippen LogP contribution >= 0.6 is 0 Å². The second-order valence-electron chi connectivity index (χ2n) is 11.9. The number of halogens is 1. The summed E-state index contributed by atoms with van der Waals surface area (Å²) in [6, 6.07) is 13.3. The molecule has 0 unspecified atom stereocenters. The largest absolute Gasteiger partial charge is 0.458 e. The van der Waals surface area contributed by atoms with Gasteiger partial charge in [-0.2, -0.15) is 0 Å². The van der Waals surface area contributed by atoms with Crippen LogP contribution in [0.1, 0.15) is 81.7 Å². The highest BCUT2D eigenvalue weighted by atomic mass is 19.1. The van der Waals surface area contributed by atoms with Gasteiger partial charge in [0.15, 0.2) is 0 Å². The van der Waals surface area contributed by atoms with E-state index < -0.39 is 5.60 Å². The van der Waals surface area contributed by atoms with Crippen molar-refractivity contribution in [2.75, 3.05) is 20.1 Å². The average Bonchev–Trinajstić information content (AvgIpc) is 3.57. The van der Waals surface area contributed by atoms with Crippen molar-refractivity contribution in [3.8, 4) is 0 Å². The van der Waals surface area contributed by atoms with E-state index in [9.17, 15) is 9.18 Å². The van der Waals surface area contributed by atoms with E-state index in [0.717, 1.165) is 98.9 Å². The normalized spacial score (nSPS) is 21.9. The number of hydrogen-bond acceptors (Lipinski definition) is 4. The minimum atomic E-state index is -0.564. The molecule has 2 aromatic carbocycles. The zero-order valence-corrected chi connectivity index (χ0v) is 23.1. The van der Waals surface area contributed by atoms with E-state index in [1.807, 2.05) is 24.3 Å². The third-order valence-corrected chi connectivity index (χ3v) is 8.79. The summed E-state index contributed by atoms with van der Waals surface area (Å²) in [4.78, 5) is 23.9. The van der Waals surface area contributed by atoms with Crippen molar-refractivity contribution < 1.29 is 13.9 Å². The maximum absolute atomic E-state index is 14.1. The fourth-order valence-electron chi connectivity index (χ4n) is 6.87. The molecule has 5 nitrogen and oxygen atoms in total. The third-order valence-electron chi connectivity index (χ3n) is 8.79. The van der Waals surface area contributed by atoms with Gasteiger partial charge in [0.1, 0.15) is 17.2 Å². The molecule has 6 heteroatoms. The SMILES string of the molecule is CC(C)[C@H]1c2ccc(F)cc2CC[C@@]1(CCN(C)CCCc1nc2ccccc2[nH]1)OC(=O)C1CCCC1. The van der Waals surface area contributed by atoms with Gasteiger partial charge in [-0.1, -0.05) is 44.9 Å². The lowest BCUT2D eigenvalue weighted by atomic mass is 9.65. The Balaban J connectivity index is 1.28. The van der Waals surface area contributed by atoms with Gasteiger partial charge in [0, 0.05) is 25.3 Å². The summed E-state index contributed by atoms with van der Waals surface area (Å²) in [5.74, 6) is 1.17. The van der Waals surface area contributed by atoms with Crippen LogP contribution < -0.4 is 0 Å². The zero-order chi connectivity index (χ0) is 26.7. The fraction of sp³-hybridized carbons (Fsp3) is 0.562. The summed E-state index contributed by atoms with van der Waals surface area (Å²) in [7, 11) is 2.15. The van der Waals surface area contributed by atoms with Gasteiger partial charge in [-0.25, -0.2) is 9.37 Å². The Morgan fingerprint density at radius 2 is 1.97 bits per heavy atom. The first-order valence-electron chi connectivity index (χ1n) is 14.5. The first-order chi connectivity index (χ1) is 18.3. The molecule has 0 amide bonds. The minimum Gasteiger partial charge on any atom is -0.458 e. The monoisotopic (exact) mass is 519 g/mol. The van der Waals surface area contributed by atoms with Crippen molar-refractivity contribution in [3.63, 3.8) is 0 Å². The maximum atomic E-state index is 14.1. The molecule has 2 aliphatic rings. The molecule has 5 rings (SSSR count). The molecule has 1 saturated carbocycles. The van der Waals surface area contributed by atoms with Crippen molar-refractivity contribution in [2.24, 2.45) is 11.8 Å². The number of aromatic nitrogens is 2. The molecule has 1 heterocycles. The number of fused-ring (bicyclic) bond motifs is 2. The topological polar surface area (TPSA) is 58.2 Å². The molecular weight excluding hydrogens is 477 g/mol. The predicted molar refractivity (Wildman–Crippen MR) is 150 cm³/mol. The van der Waals surface area contributed by atoms with Crippen LogP contribution in [-0.2, 0) is 22.4 Å². The molecule has 1 fully saturated rings. The Hall–Kier alpha value is -2.73. The van der Waals surface area contributed by atoms with Gasteiger partial charge in [0.05, 0.1) is 17.0 Å². The number of para-hydroxylation sites is 2. The predicted octanol–water partition coefficient (Wildman–Crippen LogP) is 6.81. The number of benzene rings is 2. The molecule has 0 spiro atoms. The van der Waals surface area contributed by atoms with E-state index in [4.69, 9.17) is 9.72 Å². The van der Waals surface area contributed by atoms with E-state index in [0.29, 0.717) is 0 Å². The second-order valence-corrected chi connectivity index (χ2v) is 11.9. The lowest BCUT2D eigenvalue weighted by molar-refractivity contribution is -0.172. The highest BCUT2D eigenvalue weighted by molar-refractivity contribution is 5.74. The van der Waals surface area contributed by atoms with E-state index in [1.54, 1.807) is 12.1 Å². The molecule has 204 valence electrons. The number of esters is 1. The maximum Gasteiger partial charge on any atom is 0.309 e. The molecule has 2 aliphatic carbocycles. The number of nitrogens with zero attached hydrogens (tertiary/aromatic N) is 2. The van der Waals surface area contributed by atoms with Gasteiger partial charge < -0.3 is 14.6 Å². The quantitative estimate of drug-likeness (QED) is 0.299. The summed E-state index contributed by atoms with van der Waals surface area (Å²) in [5, 5.41) is 0. The van der Waals surface area contributed by atoms with Gasteiger partial charge in [-0.05, 0) is 87.0 Å². The molecule has 3 aromatic rings. The first-order valence-corrected chi connectivity index (χ1v) is 14.5. The van der Waals surface area contributed by atoms with Gasteiger partial charge in [0.2, 0.25) is 0 Å². The first kappa shape index (κ1) is 26.9. The Morgan fingerprint density at radius 3 is 2.74 bits per heavy atom. The molecular formula is C32H42FN3O2. The number of imidazole rings is 1. The molecule has 0 aliphatic heterocycles. The van der Waals surface area contributed by atoms with Crippen LogP contribution in [0, 0.1) is 17.7 Å². The Kier molecular flexibility index (Phi) is 8.18. The number of rotatable bonds is 10. The Labute approximate surface area is 226 Å². The van der Waals surface area contributed by atoms with Gasteiger partial charge in [0.25, 0.3) is 0 Å². The van der Waals surface area contributed by atoms with Crippen LogP contribution in [0.3, 0.4) is 0 Å². The Morgan fingerprint density at radius 1 is 1.18 bits per heavy atom. The smallest absolute Gasteiger partial charge is 0.309 e. The molecule has 1 aromatic heterocycles. The van der Waals surface area contributed by atoms with Crippen LogP contribution in [0.4, 0.5) is 4.39 Å². The van der Waals surface area contributed by atoms with E-state index in [2.05, 4.69) is 36.8 Å². The van der Waals surface area contributed by atoms with Gasteiger partial charge >= 0.3 is 5.97 Å². The van der Waals surface area contributed by atoms with Crippen molar-refractivity contribution in [3.05, 3.63) is 65.2 Å². The number of H-pyrrole nitrogens is 1.